The van der Waals surface area contributed by atoms with Crippen molar-refractivity contribution in [3.63, 3.8) is 0 Å². The number of rotatable bonds is 3. The van der Waals surface area contributed by atoms with Crippen molar-refractivity contribution < 1.29 is 9.53 Å². The zero-order valence-corrected chi connectivity index (χ0v) is 13.8. The average Bonchev–Trinajstić information content (AvgIpc) is 2.59. The number of hydrogen-bond donors (Lipinski definition) is 0. The standard InChI is InChI=1S/C20H28O2/c1-22-20(16-17-21,14-12-18-8-4-2-5-9-18)15-13-19-10-6-3-7-11-19/h17-19H,2-11,16H2,1H3. The average molecular weight is 300 g/mol. The summed E-state index contributed by atoms with van der Waals surface area (Å²) in [6, 6.07) is 0. The van der Waals surface area contributed by atoms with Crippen LogP contribution in [0.25, 0.3) is 0 Å². The van der Waals surface area contributed by atoms with E-state index in [-0.39, 0.29) is 6.42 Å². The Bertz CT molecular complexity index is 423. The third-order valence-electron chi connectivity index (χ3n) is 4.89. The molecule has 2 saturated carbocycles. The Morgan fingerprint density at radius 2 is 1.36 bits per heavy atom. The van der Waals surface area contributed by atoms with Gasteiger partial charge in [0.25, 0.3) is 0 Å². The van der Waals surface area contributed by atoms with Crippen LogP contribution in [-0.4, -0.2) is 19.0 Å². The molecule has 0 aromatic carbocycles. The van der Waals surface area contributed by atoms with Crippen LogP contribution in [0.5, 0.6) is 0 Å². The van der Waals surface area contributed by atoms with Crippen molar-refractivity contribution in [3.8, 4) is 23.7 Å². The Labute approximate surface area is 135 Å². The van der Waals surface area contributed by atoms with E-state index in [1.165, 1.54) is 64.2 Å². The summed E-state index contributed by atoms with van der Waals surface area (Å²) in [6.45, 7) is 0. The van der Waals surface area contributed by atoms with Crippen LogP contribution in [-0.2, 0) is 9.53 Å². The Morgan fingerprint density at radius 3 is 1.73 bits per heavy atom. The minimum Gasteiger partial charge on any atom is -0.354 e. The van der Waals surface area contributed by atoms with Gasteiger partial charge in [-0.05, 0) is 25.7 Å². The van der Waals surface area contributed by atoms with Gasteiger partial charge in [0, 0.05) is 18.9 Å². The fourth-order valence-electron chi connectivity index (χ4n) is 3.37. The minimum atomic E-state index is -0.892. The summed E-state index contributed by atoms with van der Waals surface area (Å²) in [5.41, 5.74) is -0.892. The van der Waals surface area contributed by atoms with Crippen molar-refractivity contribution in [2.75, 3.05) is 7.11 Å². The number of carbonyl (C=O) groups excluding carboxylic acids is 1. The molecule has 0 spiro atoms. The summed E-state index contributed by atoms with van der Waals surface area (Å²) in [7, 11) is 1.62. The quantitative estimate of drug-likeness (QED) is 0.579. The van der Waals surface area contributed by atoms with Gasteiger partial charge in [-0.1, -0.05) is 62.2 Å². The lowest BCUT2D eigenvalue weighted by Crippen LogP contribution is -2.29. The monoisotopic (exact) mass is 300 g/mol. The number of carbonyl (C=O) groups is 1. The van der Waals surface area contributed by atoms with Crippen LogP contribution in [0.3, 0.4) is 0 Å². The third-order valence-corrected chi connectivity index (χ3v) is 4.89. The second-order valence-electron chi connectivity index (χ2n) is 6.61. The Hall–Kier alpha value is -1.25. The van der Waals surface area contributed by atoms with Crippen LogP contribution in [0, 0.1) is 35.5 Å². The second-order valence-corrected chi connectivity index (χ2v) is 6.61. The van der Waals surface area contributed by atoms with Crippen LogP contribution in [0.2, 0.25) is 0 Å². The van der Waals surface area contributed by atoms with Crippen molar-refractivity contribution in [1.82, 2.24) is 0 Å². The summed E-state index contributed by atoms with van der Waals surface area (Å²) in [6.07, 6.45) is 13.5. The van der Waals surface area contributed by atoms with E-state index in [0.29, 0.717) is 11.8 Å². The van der Waals surface area contributed by atoms with Gasteiger partial charge < -0.3 is 9.53 Å². The molecular weight excluding hydrogens is 272 g/mol. The highest BCUT2D eigenvalue weighted by atomic mass is 16.5. The molecule has 0 aromatic heterocycles. The first-order chi connectivity index (χ1) is 10.8. The molecule has 0 aliphatic heterocycles. The summed E-state index contributed by atoms with van der Waals surface area (Å²) < 4.78 is 5.58. The highest BCUT2D eigenvalue weighted by molar-refractivity contribution is 5.56. The maximum atomic E-state index is 11.1. The Kier molecular flexibility index (Phi) is 7.01. The molecule has 0 unspecified atom stereocenters. The first kappa shape index (κ1) is 17.1. The van der Waals surface area contributed by atoms with E-state index in [0.717, 1.165) is 6.29 Å². The zero-order chi connectivity index (χ0) is 15.7. The summed E-state index contributed by atoms with van der Waals surface area (Å²) >= 11 is 0. The minimum absolute atomic E-state index is 0.239. The summed E-state index contributed by atoms with van der Waals surface area (Å²) in [5, 5.41) is 0. The zero-order valence-electron chi connectivity index (χ0n) is 13.8. The third kappa shape index (κ3) is 5.19. The molecule has 0 saturated heterocycles. The van der Waals surface area contributed by atoms with E-state index in [2.05, 4.69) is 23.7 Å². The van der Waals surface area contributed by atoms with E-state index < -0.39 is 5.60 Å². The fourth-order valence-corrected chi connectivity index (χ4v) is 3.37. The molecule has 0 atom stereocenters. The van der Waals surface area contributed by atoms with Crippen molar-refractivity contribution in [2.45, 2.75) is 76.2 Å². The molecule has 22 heavy (non-hydrogen) atoms. The van der Waals surface area contributed by atoms with Crippen molar-refractivity contribution >= 4 is 6.29 Å². The van der Waals surface area contributed by atoms with Gasteiger partial charge in [-0.25, -0.2) is 0 Å². The normalized spacial score (nSPS) is 20.4. The maximum Gasteiger partial charge on any atom is 0.196 e. The number of hydrogen-bond acceptors (Lipinski definition) is 2. The van der Waals surface area contributed by atoms with Crippen molar-refractivity contribution in [1.29, 1.82) is 0 Å². The molecule has 2 heteroatoms. The molecule has 0 aromatic rings. The molecule has 0 heterocycles. The molecule has 2 fully saturated rings. The van der Waals surface area contributed by atoms with Crippen LogP contribution in [0.4, 0.5) is 0 Å². The van der Waals surface area contributed by atoms with Gasteiger partial charge in [-0.2, -0.15) is 0 Å². The number of methoxy groups -OCH3 is 1. The van der Waals surface area contributed by atoms with Gasteiger partial charge in [-0.3, -0.25) is 0 Å². The van der Waals surface area contributed by atoms with Crippen LogP contribution >= 0.6 is 0 Å². The smallest absolute Gasteiger partial charge is 0.196 e. The van der Waals surface area contributed by atoms with Crippen LogP contribution in [0.1, 0.15) is 70.6 Å². The van der Waals surface area contributed by atoms with E-state index in [4.69, 9.17) is 4.74 Å². The lowest BCUT2D eigenvalue weighted by Gasteiger charge is -2.21. The largest absolute Gasteiger partial charge is 0.354 e. The van der Waals surface area contributed by atoms with Gasteiger partial charge >= 0.3 is 0 Å². The van der Waals surface area contributed by atoms with E-state index >= 15 is 0 Å². The van der Waals surface area contributed by atoms with Crippen molar-refractivity contribution in [3.05, 3.63) is 0 Å². The fraction of sp³-hybridized carbons (Fsp3) is 0.750. The molecule has 0 radical (unpaired) electrons. The molecule has 0 bridgehead atoms. The topological polar surface area (TPSA) is 26.3 Å². The molecule has 2 aliphatic rings. The Balaban J connectivity index is 2.10. The van der Waals surface area contributed by atoms with Gasteiger partial charge in [0.15, 0.2) is 5.60 Å². The molecule has 120 valence electrons. The van der Waals surface area contributed by atoms with Crippen LogP contribution < -0.4 is 0 Å². The van der Waals surface area contributed by atoms with E-state index in [9.17, 15) is 4.79 Å². The predicted octanol–water partition coefficient (Wildman–Crippen LogP) is 4.13. The van der Waals surface area contributed by atoms with Gasteiger partial charge in [0.2, 0.25) is 0 Å². The van der Waals surface area contributed by atoms with E-state index in [1.807, 2.05) is 0 Å². The highest BCUT2D eigenvalue weighted by Gasteiger charge is 2.25. The molecule has 2 aliphatic carbocycles. The maximum absolute atomic E-state index is 11.1. The lowest BCUT2D eigenvalue weighted by molar-refractivity contribution is -0.110. The SMILES string of the molecule is COC(C#CC1CCCCC1)(C#CC1CCCCC1)CC=O. The highest BCUT2D eigenvalue weighted by Crippen LogP contribution is 2.25. The Morgan fingerprint density at radius 1 is 0.909 bits per heavy atom. The molecule has 0 N–H and O–H groups in total. The van der Waals surface area contributed by atoms with Gasteiger partial charge in [0.05, 0.1) is 6.42 Å². The molecule has 2 rings (SSSR count). The first-order valence-electron chi connectivity index (χ1n) is 8.82. The van der Waals surface area contributed by atoms with Crippen LogP contribution in [0.15, 0.2) is 0 Å². The summed E-state index contributed by atoms with van der Waals surface area (Å²) in [5.74, 6) is 14.0. The first-order valence-corrected chi connectivity index (χ1v) is 8.82. The summed E-state index contributed by atoms with van der Waals surface area (Å²) in [4.78, 5) is 11.1. The van der Waals surface area contributed by atoms with Gasteiger partial charge in [0.1, 0.15) is 6.29 Å². The molecular formula is C20H28O2. The lowest BCUT2D eigenvalue weighted by atomic mass is 9.87. The van der Waals surface area contributed by atoms with Crippen molar-refractivity contribution in [2.24, 2.45) is 11.8 Å². The molecule has 0 amide bonds. The predicted molar refractivity (Wildman–Crippen MR) is 89.1 cm³/mol. The number of ether oxygens (including phenoxy) is 1. The molecule has 2 nitrogen and oxygen atoms in total. The van der Waals surface area contributed by atoms with Gasteiger partial charge in [-0.15, -0.1) is 0 Å². The second kappa shape index (κ2) is 9.02. The number of aldehydes is 1. The van der Waals surface area contributed by atoms with E-state index in [1.54, 1.807) is 7.11 Å².